The van der Waals surface area contributed by atoms with Crippen LogP contribution < -0.4 is 10.9 Å². The molecule has 1 fully saturated rings. The number of amides is 3. The summed E-state index contributed by atoms with van der Waals surface area (Å²) in [5, 5.41) is 6.94. The van der Waals surface area contributed by atoms with E-state index in [0.717, 1.165) is 10.5 Å². The van der Waals surface area contributed by atoms with Gasteiger partial charge in [0.1, 0.15) is 5.70 Å². The maximum absolute atomic E-state index is 13.6. The van der Waals surface area contributed by atoms with Crippen LogP contribution in [0.5, 0.6) is 0 Å². The molecule has 1 saturated heterocycles. The summed E-state index contributed by atoms with van der Waals surface area (Å²) < 4.78 is 1.38. The number of aromatic amines is 1. The van der Waals surface area contributed by atoms with Crippen LogP contribution in [0.2, 0.25) is 15.1 Å². The summed E-state index contributed by atoms with van der Waals surface area (Å²) in [4.78, 5) is 40.6. The number of carbonyl (C=O) groups is 2. The molecule has 1 aliphatic rings. The van der Waals surface area contributed by atoms with E-state index in [0.29, 0.717) is 37.6 Å². The van der Waals surface area contributed by atoms with Crippen molar-refractivity contribution in [3.05, 3.63) is 115 Å². The van der Waals surface area contributed by atoms with E-state index in [9.17, 15) is 14.4 Å². The number of aryl methyl sites for hydroxylation is 1. The molecule has 0 aliphatic carbocycles. The lowest BCUT2D eigenvalue weighted by molar-refractivity contribution is -0.123. The van der Waals surface area contributed by atoms with Crippen molar-refractivity contribution in [2.75, 3.05) is 0 Å². The molecule has 3 aromatic carbocycles. The third-order valence-electron chi connectivity index (χ3n) is 5.96. The summed E-state index contributed by atoms with van der Waals surface area (Å²) >= 11 is 18.6. The molecule has 5 rings (SSSR count). The lowest BCUT2D eigenvalue weighted by Crippen LogP contribution is -2.30. The second-order valence-corrected chi connectivity index (χ2v) is 9.74. The van der Waals surface area contributed by atoms with Crippen LogP contribution in [0.15, 0.2) is 77.2 Å². The molecule has 0 atom stereocenters. The molecule has 10 heteroatoms. The number of para-hydroxylation sites is 1. The molecular formula is C27H19Cl3N4O3. The maximum atomic E-state index is 13.6. The predicted molar refractivity (Wildman–Crippen MR) is 145 cm³/mol. The molecule has 37 heavy (non-hydrogen) atoms. The lowest BCUT2D eigenvalue weighted by Gasteiger charge is -2.11. The Morgan fingerprint density at radius 3 is 2.38 bits per heavy atom. The Kier molecular flexibility index (Phi) is 6.69. The van der Waals surface area contributed by atoms with E-state index in [1.165, 1.54) is 10.8 Å². The Morgan fingerprint density at radius 2 is 1.65 bits per heavy atom. The molecule has 2 N–H and O–H groups in total. The van der Waals surface area contributed by atoms with E-state index in [1.807, 2.05) is 25.1 Å². The van der Waals surface area contributed by atoms with Crippen LogP contribution in [0.1, 0.15) is 16.7 Å². The van der Waals surface area contributed by atoms with Crippen LogP contribution in [-0.2, 0) is 11.3 Å². The number of hydrogen-bond acceptors (Lipinski definition) is 3. The Balaban J connectivity index is 1.62. The first-order chi connectivity index (χ1) is 17.7. The van der Waals surface area contributed by atoms with E-state index in [2.05, 4.69) is 10.4 Å². The molecule has 0 bridgehead atoms. The zero-order valence-electron chi connectivity index (χ0n) is 19.4. The van der Waals surface area contributed by atoms with Crippen molar-refractivity contribution in [3.63, 3.8) is 0 Å². The van der Waals surface area contributed by atoms with E-state index in [1.54, 1.807) is 48.5 Å². The topological polar surface area (TPSA) is 87.2 Å². The van der Waals surface area contributed by atoms with Crippen molar-refractivity contribution < 1.29 is 9.59 Å². The third kappa shape index (κ3) is 4.81. The monoisotopic (exact) mass is 552 g/mol. The highest BCUT2D eigenvalue weighted by molar-refractivity contribution is 6.36. The average molecular weight is 554 g/mol. The Bertz CT molecular complexity index is 1650. The zero-order chi connectivity index (χ0) is 26.3. The van der Waals surface area contributed by atoms with Crippen LogP contribution in [0.25, 0.3) is 23.0 Å². The summed E-state index contributed by atoms with van der Waals surface area (Å²) in [5.41, 5.74) is 2.76. The van der Waals surface area contributed by atoms with Crippen molar-refractivity contribution in [1.29, 1.82) is 0 Å². The van der Waals surface area contributed by atoms with Crippen molar-refractivity contribution >= 4 is 52.8 Å². The summed E-state index contributed by atoms with van der Waals surface area (Å²) in [6.07, 6.45) is 1.37. The number of nitrogens with one attached hydrogen (secondary N) is 2. The summed E-state index contributed by atoms with van der Waals surface area (Å²) in [5.74, 6) is -0.568. The van der Waals surface area contributed by atoms with Gasteiger partial charge in [0.25, 0.3) is 11.5 Å². The number of nitrogens with zero attached hydrogens (tertiary/aromatic N) is 2. The van der Waals surface area contributed by atoms with E-state index < -0.39 is 17.5 Å². The zero-order valence-corrected chi connectivity index (χ0v) is 21.7. The van der Waals surface area contributed by atoms with E-state index in [-0.39, 0.29) is 17.8 Å². The van der Waals surface area contributed by atoms with Gasteiger partial charge < -0.3 is 5.32 Å². The fourth-order valence-corrected chi connectivity index (χ4v) is 4.86. The number of urea groups is 1. The van der Waals surface area contributed by atoms with Gasteiger partial charge in [-0.3, -0.25) is 19.6 Å². The van der Waals surface area contributed by atoms with Gasteiger partial charge in [0.2, 0.25) is 0 Å². The van der Waals surface area contributed by atoms with Gasteiger partial charge in [-0.15, -0.1) is 0 Å². The van der Waals surface area contributed by atoms with Crippen molar-refractivity contribution in [2.45, 2.75) is 13.5 Å². The molecule has 7 nitrogen and oxygen atoms in total. The van der Waals surface area contributed by atoms with E-state index in [4.69, 9.17) is 34.8 Å². The molecule has 1 aliphatic heterocycles. The van der Waals surface area contributed by atoms with Gasteiger partial charge in [0.15, 0.2) is 0 Å². The van der Waals surface area contributed by atoms with Crippen LogP contribution in [-0.4, -0.2) is 26.6 Å². The molecule has 0 spiro atoms. The minimum atomic E-state index is -0.600. The largest absolute Gasteiger partial charge is 0.329 e. The highest BCUT2D eigenvalue weighted by Crippen LogP contribution is 2.32. The predicted octanol–water partition coefficient (Wildman–Crippen LogP) is 6.19. The molecule has 0 saturated carbocycles. The van der Waals surface area contributed by atoms with Gasteiger partial charge >= 0.3 is 6.03 Å². The van der Waals surface area contributed by atoms with Crippen LogP contribution in [0, 0.1) is 6.92 Å². The van der Waals surface area contributed by atoms with Crippen molar-refractivity contribution in [1.82, 2.24) is 20.0 Å². The first kappa shape index (κ1) is 24.9. The lowest BCUT2D eigenvalue weighted by atomic mass is 10.1. The van der Waals surface area contributed by atoms with Gasteiger partial charge in [-0.05, 0) is 60.5 Å². The first-order valence-electron chi connectivity index (χ1n) is 11.2. The minimum Gasteiger partial charge on any atom is -0.303 e. The normalized spacial score (nSPS) is 14.5. The molecule has 3 amide bonds. The quantitative estimate of drug-likeness (QED) is 0.228. The van der Waals surface area contributed by atoms with Crippen LogP contribution in [0.3, 0.4) is 0 Å². The second kappa shape index (κ2) is 9.94. The SMILES string of the molecule is Cc1ccccc1-n1[nH]c(-c2ccc(Cl)cc2Cl)c(C=C2NC(=O)N(Cc3cccc(Cl)c3)C2=O)c1=O. The average Bonchev–Trinajstić information content (AvgIpc) is 3.30. The number of hydrogen-bond donors (Lipinski definition) is 2. The van der Waals surface area contributed by atoms with E-state index >= 15 is 0 Å². The number of imide groups is 1. The number of halogens is 3. The van der Waals surface area contributed by atoms with Crippen LogP contribution >= 0.6 is 34.8 Å². The smallest absolute Gasteiger partial charge is 0.303 e. The third-order valence-corrected chi connectivity index (χ3v) is 6.75. The van der Waals surface area contributed by atoms with Gasteiger partial charge in [-0.25, -0.2) is 9.48 Å². The fraction of sp³-hybridized carbons (Fsp3) is 0.0741. The number of aromatic nitrogens is 2. The number of H-pyrrole nitrogens is 1. The standard InChI is InChI=1S/C27H19Cl3N4O3/c1-15-5-2-3-8-23(15)34-25(35)20(24(32-34)19-10-9-18(29)12-21(19)30)13-22-26(36)33(27(37)31-22)14-16-6-4-7-17(28)11-16/h2-13,32H,14H2,1H3,(H,31,37). The highest BCUT2D eigenvalue weighted by atomic mass is 35.5. The first-order valence-corrected chi connectivity index (χ1v) is 12.3. The number of rotatable bonds is 5. The van der Waals surface area contributed by atoms with Gasteiger partial charge in [0, 0.05) is 15.6 Å². The van der Waals surface area contributed by atoms with Crippen LogP contribution in [0.4, 0.5) is 4.79 Å². The second-order valence-electron chi connectivity index (χ2n) is 8.46. The number of benzene rings is 3. The molecule has 1 aromatic heterocycles. The molecule has 0 radical (unpaired) electrons. The maximum Gasteiger partial charge on any atom is 0.329 e. The summed E-state index contributed by atoms with van der Waals surface area (Å²) in [6, 6.07) is 18.5. The Hall–Kier alpha value is -3.78. The van der Waals surface area contributed by atoms with Crippen molar-refractivity contribution in [2.24, 2.45) is 0 Å². The molecule has 4 aromatic rings. The minimum absolute atomic E-state index is 0.0268. The molecule has 2 heterocycles. The molecular weight excluding hydrogens is 535 g/mol. The fourth-order valence-electron chi connectivity index (χ4n) is 4.14. The molecule has 186 valence electrons. The number of carbonyl (C=O) groups excluding carboxylic acids is 2. The van der Waals surface area contributed by atoms with Crippen molar-refractivity contribution in [3.8, 4) is 16.9 Å². The molecule has 0 unspecified atom stereocenters. The van der Waals surface area contributed by atoms with Gasteiger partial charge in [-0.1, -0.05) is 65.1 Å². The van der Waals surface area contributed by atoms with Gasteiger partial charge in [-0.2, -0.15) is 0 Å². The van der Waals surface area contributed by atoms with Gasteiger partial charge in [0.05, 0.1) is 28.5 Å². The Morgan fingerprint density at radius 1 is 0.892 bits per heavy atom. The summed E-state index contributed by atoms with van der Waals surface area (Å²) in [6.45, 7) is 1.91. The Labute approximate surface area is 226 Å². The summed E-state index contributed by atoms with van der Waals surface area (Å²) in [7, 11) is 0. The highest BCUT2D eigenvalue weighted by Gasteiger charge is 2.34.